The van der Waals surface area contributed by atoms with Gasteiger partial charge in [0.25, 0.3) is 0 Å². The quantitative estimate of drug-likeness (QED) is 0.507. The first-order chi connectivity index (χ1) is 15.9. The number of carbonyl (C=O) groups is 2. The molecule has 0 fully saturated rings. The van der Waals surface area contributed by atoms with Crippen LogP contribution < -0.4 is 10.1 Å². The third-order valence-electron chi connectivity index (χ3n) is 5.71. The number of halogens is 2. The van der Waals surface area contributed by atoms with Crippen LogP contribution in [0.25, 0.3) is 11.1 Å². The van der Waals surface area contributed by atoms with Crippen LogP contribution in [0.1, 0.15) is 22.6 Å². The highest BCUT2D eigenvalue weighted by molar-refractivity contribution is 6.31. The summed E-state index contributed by atoms with van der Waals surface area (Å²) in [6.45, 7) is 0.0283. The summed E-state index contributed by atoms with van der Waals surface area (Å²) >= 11 is 6.05. The minimum absolute atomic E-state index is 0.0283. The molecule has 1 amide bonds. The number of methoxy groups -OCH3 is 1. The van der Waals surface area contributed by atoms with Crippen LogP contribution in [0.5, 0.6) is 5.75 Å². The molecule has 1 aliphatic carbocycles. The van der Waals surface area contributed by atoms with Crippen LogP contribution in [0.2, 0.25) is 5.02 Å². The topological polar surface area (TPSA) is 84.9 Å². The van der Waals surface area contributed by atoms with Crippen LogP contribution in [0, 0.1) is 5.82 Å². The zero-order valence-electron chi connectivity index (χ0n) is 17.7. The van der Waals surface area contributed by atoms with E-state index in [4.69, 9.17) is 21.1 Å². The Morgan fingerprint density at radius 1 is 1.06 bits per heavy atom. The van der Waals surface area contributed by atoms with Crippen LogP contribution in [0.3, 0.4) is 0 Å². The molecule has 8 heteroatoms. The fraction of sp³-hybridized carbons (Fsp3) is 0.200. The fourth-order valence-electron chi connectivity index (χ4n) is 4.11. The molecule has 0 aliphatic heterocycles. The second-order valence-electron chi connectivity index (χ2n) is 7.61. The Bertz CT molecular complexity index is 1170. The molecule has 0 aromatic heterocycles. The first kappa shape index (κ1) is 22.6. The summed E-state index contributed by atoms with van der Waals surface area (Å²) in [5.74, 6) is -2.36. The summed E-state index contributed by atoms with van der Waals surface area (Å²) in [5, 5.41) is 11.9. The van der Waals surface area contributed by atoms with E-state index in [1.807, 2.05) is 48.5 Å². The molecule has 2 N–H and O–H groups in total. The minimum atomic E-state index is -1.44. The zero-order valence-corrected chi connectivity index (χ0v) is 18.4. The van der Waals surface area contributed by atoms with Gasteiger partial charge in [-0.15, -0.1) is 0 Å². The number of carboxylic acid groups (broad SMARTS) is 1. The number of aliphatic carboxylic acids is 1. The lowest BCUT2D eigenvalue weighted by Gasteiger charge is -2.18. The molecule has 1 aliphatic rings. The van der Waals surface area contributed by atoms with Gasteiger partial charge in [0.1, 0.15) is 12.6 Å². The Balaban J connectivity index is 1.47. The van der Waals surface area contributed by atoms with E-state index in [2.05, 4.69) is 5.32 Å². The second-order valence-corrected chi connectivity index (χ2v) is 8.01. The molecule has 0 heterocycles. The molecular weight excluding hydrogens is 449 g/mol. The fourth-order valence-corrected chi connectivity index (χ4v) is 4.33. The van der Waals surface area contributed by atoms with Crippen LogP contribution >= 0.6 is 11.6 Å². The lowest BCUT2D eigenvalue weighted by molar-refractivity contribution is -0.139. The predicted molar refractivity (Wildman–Crippen MR) is 121 cm³/mol. The van der Waals surface area contributed by atoms with Gasteiger partial charge >= 0.3 is 12.1 Å². The molecule has 4 rings (SSSR count). The Morgan fingerprint density at radius 3 is 2.24 bits per heavy atom. The summed E-state index contributed by atoms with van der Waals surface area (Å²) in [5.41, 5.74) is 4.16. The lowest BCUT2D eigenvalue weighted by atomic mass is 9.98. The summed E-state index contributed by atoms with van der Waals surface area (Å²) < 4.78 is 24.9. The van der Waals surface area contributed by atoms with Crippen molar-refractivity contribution in [2.24, 2.45) is 0 Å². The molecule has 0 radical (unpaired) electrons. The highest BCUT2D eigenvalue weighted by Crippen LogP contribution is 2.44. The Hall–Kier alpha value is -3.58. The molecule has 6 nitrogen and oxygen atoms in total. The van der Waals surface area contributed by atoms with E-state index in [9.17, 15) is 19.1 Å². The van der Waals surface area contributed by atoms with Gasteiger partial charge in [-0.1, -0.05) is 60.1 Å². The van der Waals surface area contributed by atoms with Crippen molar-refractivity contribution < 1.29 is 28.6 Å². The molecule has 0 bridgehead atoms. The van der Waals surface area contributed by atoms with Crippen molar-refractivity contribution in [2.45, 2.75) is 18.4 Å². The number of rotatable bonds is 7. The van der Waals surface area contributed by atoms with Crippen molar-refractivity contribution in [3.05, 3.63) is 88.2 Å². The van der Waals surface area contributed by atoms with Crippen molar-refractivity contribution >= 4 is 23.7 Å². The zero-order chi connectivity index (χ0) is 23.5. The summed E-state index contributed by atoms with van der Waals surface area (Å²) in [7, 11) is 1.29. The van der Waals surface area contributed by atoms with Gasteiger partial charge in [-0.2, -0.15) is 0 Å². The molecule has 1 atom stereocenters. The number of hydrogen-bond acceptors (Lipinski definition) is 4. The number of carbonyl (C=O) groups excluding carboxylic acids is 1. The molecule has 3 aromatic rings. The van der Waals surface area contributed by atoms with Gasteiger partial charge in [0.2, 0.25) is 0 Å². The van der Waals surface area contributed by atoms with Crippen molar-refractivity contribution in [3.63, 3.8) is 0 Å². The van der Waals surface area contributed by atoms with Gasteiger partial charge in [-0.05, 0) is 34.4 Å². The Morgan fingerprint density at radius 2 is 1.67 bits per heavy atom. The van der Waals surface area contributed by atoms with Crippen LogP contribution in [0.4, 0.5) is 9.18 Å². The molecular formula is C25H21ClFNO5. The number of amides is 1. The molecule has 1 unspecified atom stereocenters. The van der Waals surface area contributed by atoms with Gasteiger partial charge in [-0.3, -0.25) is 0 Å². The van der Waals surface area contributed by atoms with Crippen LogP contribution in [-0.2, 0) is 16.0 Å². The van der Waals surface area contributed by atoms with Crippen molar-refractivity contribution in [1.82, 2.24) is 5.32 Å². The average Bonchev–Trinajstić information content (AvgIpc) is 3.13. The van der Waals surface area contributed by atoms with Crippen molar-refractivity contribution in [3.8, 4) is 16.9 Å². The molecule has 3 aromatic carbocycles. The van der Waals surface area contributed by atoms with Crippen molar-refractivity contribution in [2.75, 3.05) is 13.7 Å². The van der Waals surface area contributed by atoms with Crippen LogP contribution in [-0.4, -0.2) is 36.9 Å². The van der Waals surface area contributed by atoms with Gasteiger partial charge in [0, 0.05) is 22.9 Å². The highest BCUT2D eigenvalue weighted by atomic mass is 35.5. The van der Waals surface area contributed by atoms with E-state index in [0.29, 0.717) is 0 Å². The molecule has 33 heavy (non-hydrogen) atoms. The first-order valence-corrected chi connectivity index (χ1v) is 10.6. The highest BCUT2D eigenvalue weighted by Gasteiger charge is 2.30. The van der Waals surface area contributed by atoms with Gasteiger partial charge in [0.15, 0.2) is 11.6 Å². The van der Waals surface area contributed by atoms with Gasteiger partial charge < -0.3 is 19.9 Å². The number of nitrogens with one attached hydrogen (secondary N) is 1. The number of ether oxygens (including phenoxy) is 2. The molecule has 0 saturated carbocycles. The van der Waals surface area contributed by atoms with E-state index < -0.39 is 23.9 Å². The largest absolute Gasteiger partial charge is 0.494 e. The minimum Gasteiger partial charge on any atom is -0.494 e. The van der Waals surface area contributed by atoms with E-state index in [0.717, 1.165) is 22.3 Å². The van der Waals surface area contributed by atoms with E-state index in [-0.39, 0.29) is 35.3 Å². The predicted octanol–water partition coefficient (Wildman–Crippen LogP) is 5.02. The van der Waals surface area contributed by atoms with E-state index in [1.165, 1.54) is 19.2 Å². The third-order valence-corrected chi connectivity index (χ3v) is 6.07. The van der Waals surface area contributed by atoms with Gasteiger partial charge in [0.05, 0.1) is 7.11 Å². The second kappa shape index (κ2) is 9.50. The smallest absolute Gasteiger partial charge is 0.407 e. The number of carboxylic acids is 1. The van der Waals surface area contributed by atoms with Gasteiger partial charge in [-0.25, -0.2) is 14.0 Å². The first-order valence-electron chi connectivity index (χ1n) is 10.3. The summed E-state index contributed by atoms with van der Waals surface area (Å²) in [6, 6.07) is 17.0. The third kappa shape index (κ3) is 4.50. The standard InChI is InChI=1S/C25H21ClFNO5/c1-32-22-11-10-20(26)18(23(22)27)12-21(24(29)30)28-25(31)33-13-19-16-8-4-2-6-14(16)15-7-3-5-9-17(15)19/h2-11,19,21H,12-13H2,1H3,(H,28,31)(H,29,30). The monoisotopic (exact) mass is 469 g/mol. The molecule has 0 spiro atoms. The summed E-state index contributed by atoms with van der Waals surface area (Å²) in [4.78, 5) is 24.2. The Kier molecular flexibility index (Phi) is 6.51. The number of hydrogen-bond donors (Lipinski definition) is 2. The lowest BCUT2D eigenvalue weighted by Crippen LogP contribution is -2.43. The summed E-state index contributed by atoms with van der Waals surface area (Å²) in [6.07, 6.45) is -1.29. The molecule has 170 valence electrons. The van der Waals surface area contributed by atoms with E-state index >= 15 is 0 Å². The van der Waals surface area contributed by atoms with E-state index in [1.54, 1.807) is 0 Å². The maximum atomic E-state index is 14.6. The number of fused-ring (bicyclic) bond motifs is 3. The normalized spacial score (nSPS) is 13.1. The average molecular weight is 470 g/mol. The Labute approximate surface area is 194 Å². The maximum Gasteiger partial charge on any atom is 0.407 e. The van der Waals surface area contributed by atoms with Crippen LogP contribution in [0.15, 0.2) is 60.7 Å². The SMILES string of the molecule is COc1ccc(Cl)c(CC(NC(=O)OCC2c3ccccc3-c3ccccc32)C(=O)O)c1F. The molecule has 0 saturated heterocycles. The van der Waals surface area contributed by atoms with Crippen molar-refractivity contribution in [1.29, 1.82) is 0 Å². The maximum absolute atomic E-state index is 14.6. The number of benzene rings is 3. The number of alkyl carbamates (subject to hydrolysis) is 1.